The maximum absolute atomic E-state index is 12.0. The summed E-state index contributed by atoms with van der Waals surface area (Å²) in [7, 11) is 0. The average Bonchev–Trinajstić information content (AvgIpc) is 2.35. The lowest BCUT2D eigenvalue weighted by Gasteiger charge is -2.20. The minimum atomic E-state index is -1.01. The molecule has 0 fully saturated rings. The second-order valence-corrected chi connectivity index (χ2v) is 5.01. The van der Waals surface area contributed by atoms with E-state index < -0.39 is 12.0 Å². The Labute approximate surface area is 115 Å². The van der Waals surface area contributed by atoms with Gasteiger partial charge < -0.3 is 10.4 Å². The molecule has 1 aromatic rings. The molecule has 18 heavy (non-hydrogen) atoms. The third kappa shape index (κ3) is 3.57. The number of carbonyl (C=O) groups is 2. The van der Waals surface area contributed by atoms with Crippen LogP contribution in [0.4, 0.5) is 0 Å². The first-order valence-corrected chi connectivity index (χ1v) is 6.54. The molecular weight excluding hydrogens is 298 g/mol. The predicted molar refractivity (Wildman–Crippen MR) is 72.5 cm³/mol. The van der Waals surface area contributed by atoms with Gasteiger partial charge in [-0.3, -0.25) is 4.79 Å². The molecule has 0 saturated carbocycles. The Bertz CT molecular complexity index is 448. The summed E-state index contributed by atoms with van der Waals surface area (Å²) in [5.41, 5.74) is 0.437. The Hall–Kier alpha value is -1.36. The SMILES string of the molecule is CC[C@H](C)[C@@H](NC(=O)c1ccccc1Br)C(=O)O. The summed E-state index contributed by atoms with van der Waals surface area (Å²) in [6.07, 6.45) is 0.688. The van der Waals surface area contributed by atoms with Gasteiger partial charge in [-0.2, -0.15) is 0 Å². The van der Waals surface area contributed by atoms with Gasteiger partial charge in [-0.1, -0.05) is 32.4 Å². The Morgan fingerprint density at radius 1 is 1.39 bits per heavy atom. The lowest BCUT2D eigenvalue weighted by molar-refractivity contribution is -0.140. The Kier molecular flexibility index (Phi) is 5.34. The van der Waals surface area contributed by atoms with E-state index >= 15 is 0 Å². The Morgan fingerprint density at radius 2 is 2.00 bits per heavy atom. The van der Waals surface area contributed by atoms with Crippen molar-refractivity contribution in [1.29, 1.82) is 0 Å². The molecule has 1 amide bonds. The van der Waals surface area contributed by atoms with Crippen molar-refractivity contribution in [2.45, 2.75) is 26.3 Å². The monoisotopic (exact) mass is 313 g/mol. The van der Waals surface area contributed by atoms with Gasteiger partial charge in [0.2, 0.25) is 0 Å². The van der Waals surface area contributed by atoms with Crippen LogP contribution in [0.25, 0.3) is 0 Å². The van der Waals surface area contributed by atoms with E-state index in [-0.39, 0.29) is 11.8 Å². The largest absolute Gasteiger partial charge is 0.480 e. The summed E-state index contributed by atoms with van der Waals surface area (Å²) >= 11 is 3.27. The maximum atomic E-state index is 12.0. The van der Waals surface area contributed by atoms with Crippen LogP contribution in [-0.2, 0) is 4.79 Å². The molecule has 0 aliphatic carbocycles. The summed E-state index contributed by atoms with van der Waals surface area (Å²) < 4.78 is 0.649. The first-order chi connectivity index (χ1) is 8.47. The summed E-state index contributed by atoms with van der Waals surface area (Å²) in [6, 6.07) is 6.06. The van der Waals surface area contributed by atoms with Crippen molar-refractivity contribution in [3.05, 3.63) is 34.3 Å². The number of nitrogens with one attached hydrogen (secondary N) is 1. The van der Waals surface area contributed by atoms with E-state index in [0.29, 0.717) is 16.5 Å². The number of carboxylic acid groups (broad SMARTS) is 1. The number of hydrogen-bond acceptors (Lipinski definition) is 2. The third-order valence-corrected chi connectivity index (χ3v) is 3.58. The van der Waals surface area contributed by atoms with Crippen LogP contribution in [-0.4, -0.2) is 23.0 Å². The molecule has 0 unspecified atom stereocenters. The standard InChI is InChI=1S/C13H16BrNO3/c1-3-8(2)11(13(17)18)15-12(16)9-6-4-5-7-10(9)14/h4-8,11H,3H2,1-2H3,(H,15,16)(H,17,18)/t8-,11+/m0/s1. The third-order valence-electron chi connectivity index (χ3n) is 2.88. The second-order valence-electron chi connectivity index (χ2n) is 4.15. The highest BCUT2D eigenvalue weighted by Crippen LogP contribution is 2.16. The first kappa shape index (κ1) is 14.7. The molecule has 0 aromatic heterocycles. The highest BCUT2D eigenvalue weighted by molar-refractivity contribution is 9.10. The van der Waals surface area contributed by atoms with Crippen LogP contribution in [0.3, 0.4) is 0 Å². The van der Waals surface area contributed by atoms with E-state index in [1.165, 1.54) is 0 Å². The summed E-state index contributed by atoms with van der Waals surface area (Å²) in [5, 5.41) is 11.7. The van der Waals surface area contributed by atoms with Gasteiger partial charge in [0.1, 0.15) is 6.04 Å². The molecular formula is C13H16BrNO3. The molecule has 4 nitrogen and oxygen atoms in total. The van der Waals surface area contributed by atoms with E-state index in [2.05, 4.69) is 21.2 Å². The number of carboxylic acids is 1. The maximum Gasteiger partial charge on any atom is 0.326 e. The van der Waals surface area contributed by atoms with E-state index in [0.717, 1.165) is 0 Å². The molecule has 0 radical (unpaired) electrons. The zero-order chi connectivity index (χ0) is 13.7. The predicted octanol–water partition coefficient (Wildman–Crippen LogP) is 2.68. The molecule has 0 saturated heterocycles. The fourth-order valence-corrected chi connectivity index (χ4v) is 2.01. The molecule has 2 atom stereocenters. The number of carbonyl (C=O) groups excluding carboxylic acids is 1. The van der Waals surface area contributed by atoms with Gasteiger partial charge in [0, 0.05) is 4.47 Å². The Balaban J connectivity index is 2.86. The minimum absolute atomic E-state index is 0.117. The highest BCUT2D eigenvalue weighted by Gasteiger charge is 2.26. The van der Waals surface area contributed by atoms with Crippen molar-refractivity contribution < 1.29 is 14.7 Å². The van der Waals surface area contributed by atoms with E-state index in [9.17, 15) is 9.59 Å². The lowest BCUT2D eigenvalue weighted by atomic mass is 9.99. The van der Waals surface area contributed by atoms with Gasteiger partial charge in [-0.25, -0.2) is 4.79 Å². The van der Waals surface area contributed by atoms with Crippen molar-refractivity contribution in [2.24, 2.45) is 5.92 Å². The molecule has 2 N–H and O–H groups in total. The number of hydrogen-bond donors (Lipinski definition) is 2. The quantitative estimate of drug-likeness (QED) is 0.878. The number of amides is 1. The van der Waals surface area contributed by atoms with E-state index in [4.69, 9.17) is 5.11 Å². The normalized spacial score (nSPS) is 13.7. The van der Waals surface area contributed by atoms with Gasteiger partial charge in [-0.15, -0.1) is 0 Å². The van der Waals surface area contributed by atoms with Crippen molar-refractivity contribution >= 4 is 27.8 Å². The van der Waals surface area contributed by atoms with Gasteiger partial charge in [0.25, 0.3) is 5.91 Å². The number of benzene rings is 1. The molecule has 0 heterocycles. The first-order valence-electron chi connectivity index (χ1n) is 5.75. The van der Waals surface area contributed by atoms with Crippen LogP contribution in [0.5, 0.6) is 0 Å². The topological polar surface area (TPSA) is 66.4 Å². The van der Waals surface area contributed by atoms with Crippen LogP contribution in [0.2, 0.25) is 0 Å². The number of rotatable bonds is 5. The second kappa shape index (κ2) is 6.54. The molecule has 0 bridgehead atoms. The lowest BCUT2D eigenvalue weighted by Crippen LogP contribution is -2.45. The van der Waals surface area contributed by atoms with Crippen LogP contribution in [0, 0.1) is 5.92 Å². The molecule has 0 aliphatic heterocycles. The molecule has 1 rings (SSSR count). The zero-order valence-electron chi connectivity index (χ0n) is 10.3. The van der Waals surface area contributed by atoms with Gasteiger partial charge in [0.05, 0.1) is 5.56 Å². The summed E-state index contributed by atoms with van der Waals surface area (Å²) in [4.78, 5) is 23.1. The van der Waals surface area contributed by atoms with Crippen LogP contribution >= 0.6 is 15.9 Å². The summed E-state index contributed by atoms with van der Waals surface area (Å²) in [5.74, 6) is -1.51. The van der Waals surface area contributed by atoms with Gasteiger partial charge >= 0.3 is 5.97 Å². The van der Waals surface area contributed by atoms with E-state index in [1.807, 2.05) is 6.92 Å². The fraction of sp³-hybridized carbons (Fsp3) is 0.385. The van der Waals surface area contributed by atoms with Gasteiger partial charge in [-0.05, 0) is 34.0 Å². The molecule has 5 heteroatoms. The van der Waals surface area contributed by atoms with Crippen LogP contribution < -0.4 is 5.32 Å². The van der Waals surface area contributed by atoms with Crippen molar-refractivity contribution in [2.75, 3.05) is 0 Å². The zero-order valence-corrected chi connectivity index (χ0v) is 11.9. The highest BCUT2D eigenvalue weighted by atomic mass is 79.9. The van der Waals surface area contributed by atoms with E-state index in [1.54, 1.807) is 31.2 Å². The van der Waals surface area contributed by atoms with Crippen molar-refractivity contribution in [1.82, 2.24) is 5.32 Å². The van der Waals surface area contributed by atoms with Crippen LogP contribution in [0.1, 0.15) is 30.6 Å². The Morgan fingerprint density at radius 3 is 2.50 bits per heavy atom. The minimum Gasteiger partial charge on any atom is -0.480 e. The molecule has 1 aromatic carbocycles. The number of aliphatic carboxylic acids is 1. The number of halogens is 1. The average molecular weight is 314 g/mol. The molecule has 98 valence electrons. The van der Waals surface area contributed by atoms with Crippen LogP contribution in [0.15, 0.2) is 28.7 Å². The van der Waals surface area contributed by atoms with Gasteiger partial charge in [0.15, 0.2) is 0 Å². The van der Waals surface area contributed by atoms with Crippen molar-refractivity contribution in [3.8, 4) is 0 Å². The molecule has 0 aliphatic rings. The van der Waals surface area contributed by atoms with Crippen molar-refractivity contribution in [3.63, 3.8) is 0 Å². The molecule has 0 spiro atoms. The fourth-order valence-electron chi connectivity index (χ4n) is 1.55. The summed E-state index contributed by atoms with van der Waals surface area (Å²) in [6.45, 7) is 3.70. The smallest absolute Gasteiger partial charge is 0.326 e.